The highest BCUT2D eigenvalue weighted by Gasteiger charge is 2.56. The van der Waals surface area contributed by atoms with Gasteiger partial charge in [0.2, 0.25) is 5.79 Å². The van der Waals surface area contributed by atoms with Crippen LogP contribution < -0.4 is 9.62 Å². The summed E-state index contributed by atoms with van der Waals surface area (Å²) in [6, 6.07) is 19.0. The van der Waals surface area contributed by atoms with Gasteiger partial charge in [-0.3, -0.25) is 0 Å². The second-order valence-corrected chi connectivity index (χ2v) is 11.9. The molecule has 1 saturated heterocycles. The third-order valence-electron chi connectivity index (χ3n) is 9.01. The first kappa shape index (κ1) is 31.8. The zero-order chi connectivity index (χ0) is 31.9. The molecule has 242 valence electrons. The number of hydrogen-bond acceptors (Lipinski definition) is 12. The molecule has 0 aliphatic carbocycles. The van der Waals surface area contributed by atoms with E-state index in [2.05, 4.69) is 0 Å². The summed E-state index contributed by atoms with van der Waals surface area (Å²) in [5.41, 5.74) is 5.32. The summed E-state index contributed by atoms with van der Waals surface area (Å²) in [4.78, 5) is 10.6. The van der Waals surface area contributed by atoms with Crippen molar-refractivity contribution >= 4 is 0 Å². The first-order valence-electron chi connectivity index (χ1n) is 15.0. The molecule has 9 atom stereocenters. The second-order valence-electron chi connectivity index (χ2n) is 11.9. The van der Waals surface area contributed by atoms with Gasteiger partial charge in [-0.1, -0.05) is 36.4 Å². The van der Waals surface area contributed by atoms with Crippen molar-refractivity contribution in [1.29, 1.82) is 0 Å². The Hall–Kier alpha value is -3.14. The fraction of sp³-hybridized carbons (Fsp3) is 0.455. The van der Waals surface area contributed by atoms with Crippen LogP contribution in [0.3, 0.4) is 0 Å². The Kier molecular flexibility index (Phi) is 9.14. The molecule has 12 heteroatoms. The van der Waals surface area contributed by atoms with Gasteiger partial charge in [0.25, 0.3) is 0 Å². The van der Waals surface area contributed by atoms with E-state index in [1.165, 1.54) is 0 Å². The highest BCUT2D eigenvalue weighted by Crippen LogP contribution is 2.42. The SMILES string of the molecule is OC[C@H]1OOc2ccc(-c3ccc(-c4ccc5c(c4)CC[C@]4(O5)O[C@H](CO)[C@@H](O)[C@H](O)[C@@H]4O)cc3)cc2CC[C@@H](O)[C@@H](O)[C@@H]1O. The van der Waals surface area contributed by atoms with E-state index in [0.29, 0.717) is 24.3 Å². The minimum atomic E-state index is -1.58. The second kappa shape index (κ2) is 12.9. The summed E-state index contributed by atoms with van der Waals surface area (Å²) in [6.45, 7) is -1.14. The molecule has 3 aliphatic rings. The van der Waals surface area contributed by atoms with Crippen LogP contribution in [0.25, 0.3) is 22.3 Å². The summed E-state index contributed by atoms with van der Waals surface area (Å²) >= 11 is 0. The molecule has 1 spiro atoms. The van der Waals surface area contributed by atoms with Crippen LogP contribution in [0.4, 0.5) is 0 Å². The van der Waals surface area contributed by atoms with Gasteiger partial charge in [-0.15, -0.1) is 0 Å². The van der Waals surface area contributed by atoms with Crippen LogP contribution in [0, 0.1) is 0 Å². The quantitative estimate of drug-likeness (QED) is 0.184. The molecule has 8 N–H and O–H groups in total. The van der Waals surface area contributed by atoms with E-state index in [4.69, 9.17) is 19.2 Å². The Morgan fingerprint density at radius 1 is 0.622 bits per heavy atom. The van der Waals surface area contributed by atoms with Gasteiger partial charge in [-0.05, 0) is 76.9 Å². The van der Waals surface area contributed by atoms with Crippen molar-refractivity contribution in [3.63, 3.8) is 0 Å². The van der Waals surface area contributed by atoms with Gasteiger partial charge in [0.05, 0.1) is 19.3 Å². The fourth-order valence-corrected chi connectivity index (χ4v) is 6.22. The Bertz CT molecular complexity index is 1480. The van der Waals surface area contributed by atoms with Crippen LogP contribution in [0.5, 0.6) is 11.5 Å². The maximum Gasteiger partial charge on any atom is 0.240 e. The van der Waals surface area contributed by atoms with Crippen molar-refractivity contribution in [2.75, 3.05) is 13.2 Å². The van der Waals surface area contributed by atoms with Crippen molar-refractivity contribution in [2.45, 2.75) is 80.3 Å². The predicted molar refractivity (Wildman–Crippen MR) is 158 cm³/mol. The summed E-state index contributed by atoms with van der Waals surface area (Å²) in [5.74, 6) is -0.715. The fourth-order valence-electron chi connectivity index (χ4n) is 6.22. The van der Waals surface area contributed by atoms with E-state index < -0.39 is 67.8 Å². The number of aliphatic hydroxyl groups excluding tert-OH is 8. The van der Waals surface area contributed by atoms with E-state index >= 15 is 0 Å². The van der Waals surface area contributed by atoms with Gasteiger partial charge in [0, 0.05) is 6.42 Å². The van der Waals surface area contributed by atoms with Crippen LogP contribution in [-0.2, 0) is 22.5 Å². The normalized spacial score (nSPS) is 33.4. The summed E-state index contributed by atoms with van der Waals surface area (Å²) in [6.07, 6.45) is -9.84. The lowest BCUT2D eigenvalue weighted by atomic mass is 9.86. The molecule has 12 nitrogen and oxygen atoms in total. The average molecular weight is 627 g/mol. The monoisotopic (exact) mass is 626 g/mol. The van der Waals surface area contributed by atoms with Crippen LogP contribution in [-0.4, -0.2) is 109 Å². The predicted octanol–water partition coefficient (Wildman–Crippen LogP) is 0.216. The number of fused-ring (bicyclic) bond motifs is 2. The topological polar surface area (TPSA) is 199 Å². The summed E-state index contributed by atoms with van der Waals surface area (Å²) in [5, 5.41) is 81.1. The highest BCUT2D eigenvalue weighted by atomic mass is 17.2. The first-order chi connectivity index (χ1) is 21.6. The molecule has 45 heavy (non-hydrogen) atoms. The molecular formula is C33H38O12. The molecule has 0 unspecified atom stereocenters. The minimum absolute atomic E-state index is 0.161. The molecule has 0 radical (unpaired) electrons. The van der Waals surface area contributed by atoms with Gasteiger partial charge in [-0.25, -0.2) is 0 Å². The molecule has 3 aliphatic heterocycles. The third-order valence-corrected chi connectivity index (χ3v) is 9.01. The first-order valence-corrected chi connectivity index (χ1v) is 15.0. The average Bonchev–Trinajstić information content (AvgIpc) is 3.07. The van der Waals surface area contributed by atoms with Crippen molar-refractivity contribution in [1.82, 2.24) is 0 Å². The van der Waals surface area contributed by atoms with E-state index in [-0.39, 0.29) is 12.8 Å². The van der Waals surface area contributed by atoms with Crippen molar-refractivity contribution in [3.05, 3.63) is 71.8 Å². The van der Waals surface area contributed by atoms with Crippen molar-refractivity contribution < 1.29 is 60.1 Å². The number of benzene rings is 3. The van der Waals surface area contributed by atoms with E-state index in [0.717, 1.165) is 33.4 Å². The zero-order valence-electron chi connectivity index (χ0n) is 24.3. The summed E-state index contributed by atoms with van der Waals surface area (Å²) < 4.78 is 11.8. The van der Waals surface area contributed by atoms with Gasteiger partial charge in [-0.2, -0.15) is 4.89 Å². The Morgan fingerprint density at radius 3 is 1.80 bits per heavy atom. The van der Waals surface area contributed by atoms with Crippen molar-refractivity contribution in [3.8, 4) is 33.8 Å². The van der Waals surface area contributed by atoms with Gasteiger partial charge < -0.3 is 55.2 Å². The minimum Gasteiger partial charge on any atom is -0.459 e. The lowest BCUT2D eigenvalue weighted by Crippen LogP contribution is -2.68. The molecule has 3 aromatic carbocycles. The molecule has 1 fully saturated rings. The largest absolute Gasteiger partial charge is 0.459 e. The molecule has 6 rings (SSSR count). The molecule has 0 bridgehead atoms. The number of aliphatic hydroxyl groups is 8. The Balaban J connectivity index is 1.19. The van der Waals surface area contributed by atoms with Gasteiger partial charge in [0.15, 0.2) is 11.9 Å². The Labute approximate surface area is 259 Å². The third kappa shape index (κ3) is 6.07. The summed E-state index contributed by atoms with van der Waals surface area (Å²) in [7, 11) is 0. The number of ether oxygens (including phenoxy) is 2. The molecule has 3 heterocycles. The molecule has 3 aromatic rings. The smallest absolute Gasteiger partial charge is 0.240 e. The lowest BCUT2D eigenvalue weighted by molar-refractivity contribution is -0.342. The van der Waals surface area contributed by atoms with Crippen LogP contribution >= 0.6 is 0 Å². The van der Waals surface area contributed by atoms with Crippen LogP contribution in [0.1, 0.15) is 24.0 Å². The maximum atomic E-state index is 10.7. The number of rotatable bonds is 4. The molecule has 0 aromatic heterocycles. The Morgan fingerprint density at radius 2 is 1.18 bits per heavy atom. The van der Waals surface area contributed by atoms with Crippen molar-refractivity contribution in [2.24, 2.45) is 0 Å². The highest BCUT2D eigenvalue weighted by molar-refractivity contribution is 5.72. The number of hydrogen-bond donors (Lipinski definition) is 8. The standard InChI is InChI=1S/C33H38O12/c34-15-26-29(38)31(40)32(41)33(43-26)12-11-22-14-19(6-9-24(22)42-33)17-1-3-18(4-2-17)20-7-10-25-21(13-20)5-8-23(36)28(37)30(39)27(16-35)45-44-25/h1-4,6-7,9-10,13-14,23,26-32,34-41H,5,8,11-12,15-16H2/t23-,26-,27-,28-,29-,30-,31+,32+,33+/m1/s1. The van der Waals surface area contributed by atoms with Crippen LogP contribution in [0.2, 0.25) is 0 Å². The zero-order valence-corrected chi connectivity index (χ0v) is 24.3. The molecular weight excluding hydrogens is 588 g/mol. The van der Waals surface area contributed by atoms with E-state index in [1.54, 1.807) is 12.1 Å². The molecule has 0 saturated carbocycles. The van der Waals surface area contributed by atoms with Gasteiger partial charge >= 0.3 is 0 Å². The molecule has 0 amide bonds. The van der Waals surface area contributed by atoms with E-state index in [9.17, 15) is 40.9 Å². The maximum absolute atomic E-state index is 10.7. The van der Waals surface area contributed by atoms with E-state index in [1.807, 2.05) is 48.5 Å². The lowest BCUT2D eigenvalue weighted by Gasteiger charge is -2.49. The van der Waals surface area contributed by atoms with Crippen LogP contribution in [0.15, 0.2) is 60.7 Å². The number of aryl methyl sites for hydroxylation is 2. The van der Waals surface area contributed by atoms with Gasteiger partial charge in [0.1, 0.15) is 42.4 Å².